The zero-order valence-electron chi connectivity index (χ0n) is 16.5. The van der Waals surface area contributed by atoms with Gasteiger partial charge in [-0.25, -0.2) is 0 Å². The minimum absolute atomic E-state index is 0. The van der Waals surface area contributed by atoms with Gasteiger partial charge in [-0.1, -0.05) is 19.8 Å². The Labute approximate surface area is 171 Å². The summed E-state index contributed by atoms with van der Waals surface area (Å²) in [5.41, 5.74) is 0.504. The molecule has 0 aromatic heterocycles. The molecule has 0 aromatic carbocycles. The number of piperidine rings is 1. The summed E-state index contributed by atoms with van der Waals surface area (Å²) < 4.78 is 5.17. The van der Waals surface area contributed by atoms with Crippen LogP contribution in [0.1, 0.15) is 51.9 Å². The predicted octanol–water partition coefficient (Wildman–Crippen LogP) is 3.10. The number of nitrogens with zero attached hydrogens (tertiary/aromatic N) is 2. The van der Waals surface area contributed by atoms with Gasteiger partial charge in [0.1, 0.15) is 0 Å². The molecule has 0 spiro atoms. The van der Waals surface area contributed by atoms with E-state index in [2.05, 4.69) is 27.4 Å². The van der Waals surface area contributed by atoms with Gasteiger partial charge in [-0.05, 0) is 56.5 Å². The largest absolute Gasteiger partial charge is 0.383 e. The third-order valence-electron chi connectivity index (χ3n) is 6.15. The van der Waals surface area contributed by atoms with Crippen molar-refractivity contribution in [3.63, 3.8) is 0 Å². The highest BCUT2D eigenvalue weighted by Crippen LogP contribution is 2.40. The summed E-state index contributed by atoms with van der Waals surface area (Å²) in [6, 6.07) is 0. The van der Waals surface area contributed by atoms with Crippen molar-refractivity contribution in [3.05, 3.63) is 0 Å². The maximum atomic E-state index is 5.17. The van der Waals surface area contributed by atoms with Crippen molar-refractivity contribution < 1.29 is 4.74 Å². The van der Waals surface area contributed by atoms with Crippen molar-refractivity contribution in [2.75, 3.05) is 53.5 Å². The van der Waals surface area contributed by atoms with Gasteiger partial charge in [0.25, 0.3) is 0 Å². The van der Waals surface area contributed by atoms with Gasteiger partial charge in [0.15, 0.2) is 5.96 Å². The Bertz CT molecular complexity index is 378. The van der Waals surface area contributed by atoms with Crippen LogP contribution < -0.4 is 10.6 Å². The van der Waals surface area contributed by atoms with Gasteiger partial charge in [0.05, 0.1) is 6.61 Å². The number of methoxy groups -OCH3 is 1. The molecule has 1 aliphatic heterocycles. The lowest BCUT2D eigenvalue weighted by molar-refractivity contribution is 0.121. The number of aliphatic imine (C=N–C) groups is 1. The smallest absolute Gasteiger partial charge is 0.191 e. The molecule has 1 heterocycles. The lowest BCUT2D eigenvalue weighted by Crippen LogP contribution is -2.45. The van der Waals surface area contributed by atoms with E-state index in [9.17, 15) is 0 Å². The second-order valence-corrected chi connectivity index (χ2v) is 7.65. The Morgan fingerprint density at radius 2 is 1.88 bits per heavy atom. The predicted molar refractivity (Wildman–Crippen MR) is 117 cm³/mol. The van der Waals surface area contributed by atoms with Gasteiger partial charge in [-0.3, -0.25) is 4.99 Å². The fourth-order valence-corrected chi connectivity index (χ4v) is 4.15. The molecule has 6 heteroatoms. The first kappa shape index (κ1) is 23.0. The first-order chi connectivity index (χ1) is 11.7. The third kappa shape index (κ3) is 7.59. The molecule has 148 valence electrons. The van der Waals surface area contributed by atoms with Crippen LogP contribution in [0.2, 0.25) is 0 Å². The molecule has 5 nitrogen and oxygen atoms in total. The highest BCUT2D eigenvalue weighted by Gasteiger charge is 2.31. The highest BCUT2D eigenvalue weighted by atomic mass is 127. The first-order valence-corrected chi connectivity index (χ1v) is 9.87. The molecule has 1 saturated carbocycles. The minimum Gasteiger partial charge on any atom is -0.383 e. The van der Waals surface area contributed by atoms with Crippen LogP contribution in [-0.2, 0) is 4.74 Å². The number of halogens is 1. The summed E-state index contributed by atoms with van der Waals surface area (Å²) in [4.78, 5) is 6.93. The van der Waals surface area contributed by atoms with Gasteiger partial charge in [-0.2, -0.15) is 0 Å². The van der Waals surface area contributed by atoms with Gasteiger partial charge in [-0.15, -0.1) is 24.0 Å². The maximum absolute atomic E-state index is 5.17. The quantitative estimate of drug-likeness (QED) is 0.328. The van der Waals surface area contributed by atoms with E-state index in [1.807, 2.05) is 7.05 Å². The molecular weight excluding hydrogens is 427 g/mol. The van der Waals surface area contributed by atoms with Crippen molar-refractivity contribution in [1.82, 2.24) is 15.5 Å². The zero-order chi connectivity index (χ0) is 17.3. The van der Waals surface area contributed by atoms with E-state index in [-0.39, 0.29) is 24.0 Å². The second-order valence-electron chi connectivity index (χ2n) is 7.65. The molecule has 1 saturated heterocycles. The van der Waals surface area contributed by atoms with Crippen LogP contribution in [0.3, 0.4) is 0 Å². The molecule has 2 fully saturated rings. The van der Waals surface area contributed by atoms with Gasteiger partial charge >= 0.3 is 0 Å². The number of hydrogen-bond donors (Lipinski definition) is 2. The van der Waals surface area contributed by atoms with Crippen molar-refractivity contribution in [2.45, 2.75) is 51.9 Å². The van der Waals surface area contributed by atoms with Crippen LogP contribution in [0.15, 0.2) is 4.99 Å². The van der Waals surface area contributed by atoms with E-state index in [4.69, 9.17) is 4.74 Å². The third-order valence-corrected chi connectivity index (χ3v) is 6.15. The van der Waals surface area contributed by atoms with Crippen molar-refractivity contribution in [1.29, 1.82) is 0 Å². The van der Waals surface area contributed by atoms with Crippen LogP contribution in [0.25, 0.3) is 0 Å². The summed E-state index contributed by atoms with van der Waals surface area (Å²) in [5, 5.41) is 7.15. The second kappa shape index (κ2) is 12.3. The monoisotopic (exact) mass is 466 g/mol. The van der Waals surface area contributed by atoms with E-state index < -0.39 is 0 Å². The van der Waals surface area contributed by atoms with E-state index >= 15 is 0 Å². The molecule has 0 bridgehead atoms. The molecule has 2 N–H and O–H groups in total. The first-order valence-electron chi connectivity index (χ1n) is 9.87. The van der Waals surface area contributed by atoms with E-state index in [1.54, 1.807) is 7.11 Å². The molecule has 0 atom stereocenters. The normalized spacial score (nSPS) is 21.8. The number of guanidine groups is 1. The molecule has 0 amide bonds. The average Bonchev–Trinajstić information content (AvgIpc) is 3.10. The fourth-order valence-electron chi connectivity index (χ4n) is 4.15. The molecule has 0 unspecified atom stereocenters. The minimum atomic E-state index is 0. The summed E-state index contributed by atoms with van der Waals surface area (Å²) in [5.74, 6) is 1.74. The van der Waals surface area contributed by atoms with Crippen molar-refractivity contribution in [3.8, 4) is 0 Å². The Hall–Kier alpha value is -0.0800. The number of hydrogen-bond acceptors (Lipinski definition) is 3. The van der Waals surface area contributed by atoms with Gasteiger partial charge < -0.3 is 20.3 Å². The lowest BCUT2D eigenvalue weighted by atomic mass is 9.83. The number of ether oxygens (including phenoxy) is 1. The number of nitrogens with one attached hydrogen (secondary N) is 2. The van der Waals surface area contributed by atoms with Crippen LogP contribution in [-0.4, -0.2) is 64.3 Å². The lowest BCUT2D eigenvalue weighted by Gasteiger charge is -2.32. The Balaban J connectivity index is 0.00000312. The van der Waals surface area contributed by atoms with E-state index in [1.165, 1.54) is 58.0 Å². The topological polar surface area (TPSA) is 48.9 Å². The molecule has 2 rings (SSSR count). The summed E-state index contributed by atoms with van der Waals surface area (Å²) >= 11 is 0. The van der Waals surface area contributed by atoms with Crippen LogP contribution in [0.4, 0.5) is 0 Å². The Morgan fingerprint density at radius 3 is 2.44 bits per heavy atom. The molecule has 2 aliphatic rings. The number of rotatable bonds is 8. The highest BCUT2D eigenvalue weighted by molar-refractivity contribution is 14.0. The molecular formula is C19H39IN4O. The summed E-state index contributed by atoms with van der Waals surface area (Å²) in [7, 11) is 3.67. The standard InChI is InChI=1S/C19H38N4O.HI/c1-4-19(9-5-6-10-19)16-22-18(20-2)21-15-17-7-11-23(12-8-17)13-14-24-3;/h17H,4-16H2,1-3H3,(H2,20,21,22);1H. The van der Waals surface area contributed by atoms with Gasteiger partial charge in [0, 0.05) is 33.8 Å². The fraction of sp³-hybridized carbons (Fsp3) is 0.947. The molecule has 25 heavy (non-hydrogen) atoms. The van der Waals surface area contributed by atoms with Crippen molar-refractivity contribution in [2.24, 2.45) is 16.3 Å². The van der Waals surface area contributed by atoms with E-state index in [0.717, 1.165) is 38.1 Å². The van der Waals surface area contributed by atoms with Crippen LogP contribution in [0, 0.1) is 11.3 Å². The number of likely N-dealkylation sites (tertiary alicyclic amines) is 1. The summed E-state index contributed by atoms with van der Waals surface area (Å²) in [6.45, 7) is 8.75. The molecule has 1 aliphatic carbocycles. The maximum Gasteiger partial charge on any atom is 0.191 e. The SMILES string of the molecule is CCC1(CNC(=NC)NCC2CCN(CCOC)CC2)CCCC1.I. The van der Waals surface area contributed by atoms with Crippen molar-refractivity contribution >= 4 is 29.9 Å². The van der Waals surface area contributed by atoms with Gasteiger partial charge in [0.2, 0.25) is 0 Å². The zero-order valence-corrected chi connectivity index (χ0v) is 18.8. The molecule has 0 aromatic rings. The van der Waals surface area contributed by atoms with E-state index in [0.29, 0.717) is 5.41 Å². The Kier molecular flexibility index (Phi) is 11.3. The van der Waals surface area contributed by atoms with Crippen LogP contribution in [0.5, 0.6) is 0 Å². The Morgan fingerprint density at radius 1 is 1.20 bits per heavy atom. The van der Waals surface area contributed by atoms with Crippen LogP contribution >= 0.6 is 24.0 Å². The average molecular weight is 466 g/mol. The summed E-state index contributed by atoms with van der Waals surface area (Å²) in [6.07, 6.45) is 9.34. The molecule has 0 radical (unpaired) electrons.